The summed E-state index contributed by atoms with van der Waals surface area (Å²) in [5.74, 6) is -1.89. The Morgan fingerprint density at radius 2 is 1.57 bits per heavy atom. The monoisotopic (exact) mass is 452 g/mol. The Morgan fingerprint density at radius 3 is 2.13 bits per heavy atom. The molecule has 7 N–H and O–H groups in total. The molecular weight excluding hydrogens is 440 g/mol. The Morgan fingerprint density at radius 1 is 1.00 bits per heavy atom. The number of rotatable bonds is 6. The van der Waals surface area contributed by atoms with Gasteiger partial charge in [-0.25, -0.2) is 4.79 Å². The normalized spacial score (nSPS) is 11.1. The topological polar surface area (TPSA) is 201 Å². The van der Waals surface area contributed by atoms with Crippen molar-refractivity contribution in [2.45, 2.75) is 4.90 Å². The van der Waals surface area contributed by atoms with E-state index in [1.54, 1.807) is 0 Å². The van der Waals surface area contributed by atoms with Gasteiger partial charge in [-0.3, -0.25) is 4.55 Å². The van der Waals surface area contributed by atoms with Crippen molar-refractivity contribution in [3.8, 4) is 5.75 Å². The lowest BCUT2D eigenvalue weighted by Crippen LogP contribution is -2.07. The third-order valence-corrected chi connectivity index (χ3v) is 4.72. The van der Waals surface area contributed by atoms with Crippen LogP contribution in [0.25, 0.3) is 0 Å². The molecule has 14 heteroatoms. The molecule has 0 aliphatic heterocycles. The summed E-state index contributed by atoms with van der Waals surface area (Å²) in [5, 5.41) is 23.8. The molecule has 0 aliphatic carbocycles. The second kappa shape index (κ2) is 7.98. The number of halogens is 1. The molecule has 0 radical (unpaired) electrons. The Bertz CT molecular complexity index is 1250. The second-order valence-electron chi connectivity index (χ2n) is 5.77. The summed E-state index contributed by atoms with van der Waals surface area (Å²) in [6, 6.07) is 7.50. The van der Waals surface area contributed by atoms with Gasteiger partial charge in [0.15, 0.2) is 0 Å². The molecule has 3 aromatic rings. The standard InChI is InChI=1S/C16H13ClN6O6S/c17-14-21-15(19-7-2-4-11(24)9(5-7)13(25)26)23-16(22-14)20-8-1-3-10(18)12(6-8)30(27,28)29/h1-6,24H,18H2,(H,25,26)(H,27,28,29)(H2,19,20,21,22,23). The molecule has 0 bridgehead atoms. The van der Waals surface area contributed by atoms with E-state index in [2.05, 4.69) is 25.6 Å². The van der Waals surface area contributed by atoms with E-state index in [0.29, 0.717) is 0 Å². The van der Waals surface area contributed by atoms with Crippen molar-refractivity contribution in [1.29, 1.82) is 0 Å². The number of benzene rings is 2. The zero-order valence-corrected chi connectivity index (χ0v) is 16.3. The largest absolute Gasteiger partial charge is 0.507 e. The number of phenols is 1. The number of carboxylic acid groups (broad SMARTS) is 1. The lowest BCUT2D eigenvalue weighted by molar-refractivity contribution is 0.0693. The lowest BCUT2D eigenvalue weighted by Gasteiger charge is -2.10. The van der Waals surface area contributed by atoms with Gasteiger partial charge in [0.1, 0.15) is 16.2 Å². The number of anilines is 5. The molecule has 1 aromatic heterocycles. The Balaban J connectivity index is 1.90. The van der Waals surface area contributed by atoms with Crippen LogP contribution in [-0.2, 0) is 10.1 Å². The minimum atomic E-state index is -4.54. The van der Waals surface area contributed by atoms with Crippen LogP contribution in [0.5, 0.6) is 5.75 Å². The number of aromatic nitrogens is 3. The van der Waals surface area contributed by atoms with Gasteiger partial charge < -0.3 is 26.6 Å². The van der Waals surface area contributed by atoms with Crippen LogP contribution < -0.4 is 16.4 Å². The van der Waals surface area contributed by atoms with Crippen LogP contribution in [-0.4, -0.2) is 44.1 Å². The van der Waals surface area contributed by atoms with E-state index in [1.807, 2.05) is 0 Å². The first-order valence-electron chi connectivity index (χ1n) is 7.92. The summed E-state index contributed by atoms with van der Waals surface area (Å²) in [7, 11) is -4.54. The van der Waals surface area contributed by atoms with Gasteiger partial charge in [-0.1, -0.05) is 0 Å². The maximum Gasteiger partial charge on any atom is 0.339 e. The number of aromatic carboxylic acids is 1. The summed E-state index contributed by atoms with van der Waals surface area (Å²) in [6.45, 7) is 0. The second-order valence-corrected chi connectivity index (χ2v) is 7.49. The van der Waals surface area contributed by atoms with Crippen molar-refractivity contribution >= 4 is 56.6 Å². The molecule has 0 aliphatic rings. The van der Waals surface area contributed by atoms with Crippen LogP contribution in [0.3, 0.4) is 0 Å². The average molecular weight is 453 g/mol. The van der Waals surface area contributed by atoms with Gasteiger partial charge in [-0.05, 0) is 48.0 Å². The fourth-order valence-corrected chi connectivity index (χ4v) is 3.14. The molecule has 0 saturated carbocycles. The highest BCUT2D eigenvalue weighted by atomic mass is 35.5. The van der Waals surface area contributed by atoms with Crippen LogP contribution >= 0.6 is 11.6 Å². The summed E-state index contributed by atoms with van der Waals surface area (Å²) >= 11 is 5.89. The highest BCUT2D eigenvalue weighted by Crippen LogP contribution is 2.26. The van der Waals surface area contributed by atoms with Crippen LogP contribution in [0.15, 0.2) is 41.3 Å². The number of nitrogen functional groups attached to an aromatic ring is 1. The zero-order chi connectivity index (χ0) is 22.1. The zero-order valence-electron chi connectivity index (χ0n) is 14.7. The van der Waals surface area contributed by atoms with Crippen LogP contribution in [0.4, 0.5) is 29.0 Å². The van der Waals surface area contributed by atoms with E-state index in [4.69, 9.17) is 22.4 Å². The lowest BCUT2D eigenvalue weighted by atomic mass is 10.2. The summed E-state index contributed by atoms with van der Waals surface area (Å²) in [4.78, 5) is 22.4. The van der Waals surface area contributed by atoms with Crippen molar-refractivity contribution in [3.63, 3.8) is 0 Å². The minimum Gasteiger partial charge on any atom is -0.507 e. The number of hydrogen-bond donors (Lipinski definition) is 6. The van der Waals surface area contributed by atoms with Crippen molar-refractivity contribution in [2.24, 2.45) is 0 Å². The number of nitrogens with two attached hydrogens (primary N) is 1. The van der Waals surface area contributed by atoms with E-state index in [-0.39, 0.29) is 39.8 Å². The molecule has 0 atom stereocenters. The number of nitrogens with zero attached hydrogens (tertiary/aromatic N) is 3. The SMILES string of the molecule is Nc1ccc(Nc2nc(Cl)nc(Nc3ccc(O)c(C(=O)O)c3)n2)cc1S(=O)(=O)O. The molecule has 30 heavy (non-hydrogen) atoms. The van der Waals surface area contributed by atoms with Gasteiger partial charge in [-0.15, -0.1) is 0 Å². The number of carbonyl (C=O) groups is 1. The smallest absolute Gasteiger partial charge is 0.339 e. The molecule has 3 rings (SSSR count). The molecular formula is C16H13ClN6O6S. The van der Waals surface area contributed by atoms with Crippen LogP contribution in [0, 0.1) is 0 Å². The molecule has 0 fully saturated rings. The predicted molar refractivity (Wildman–Crippen MR) is 107 cm³/mol. The van der Waals surface area contributed by atoms with Crippen molar-refractivity contribution in [2.75, 3.05) is 16.4 Å². The molecule has 0 spiro atoms. The highest BCUT2D eigenvalue weighted by molar-refractivity contribution is 7.86. The van der Waals surface area contributed by atoms with E-state index < -0.39 is 26.7 Å². The van der Waals surface area contributed by atoms with Crippen molar-refractivity contribution in [1.82, 2.24) is 15.0 Å². The molecule has 0 unspecified atom stereocenters. The number of nitrogens with one attached hydrogen (secondary N) is 2. The quantitative estimate of drug-likeness (QED) is 0.181. The van der Waals surface area contributed by atoms with Gasteiger partial charge in [0.05, 0.1) is 5.69 Å². The fourth-order valence-electron chi connectivity index (χ4n) is 2.34. The van der Waals surface area contributed by atoms with Gasteiger partial charge in [0.2, 0.25) is 17.2 Å². The highest BCUT2D eigenvalue weighted by Gasteiger charge is 2.16. The van der Waals surface area contributed by atoms with Crippen molar-refractivity contribution < 1.29 is 28.0 Å². The number of carboxylic acids is 1. The fraction of sp³-hybridized carbons (Fsp3) is 0. The Hall–Kier alpha value is -3.68. The number of aromatic hydroxyl groups is 1. The van der Waals surface area contributed by atoms with Crippen molar-refractivity contribution in [3.05, 3.63) is 47.2 Å². The maximum atomic E-state index is 11.4. The molecule has 0 amide bonds. The summed E-state index contributed by atoms with van der Waals surface area (Å²) in [5.41, 5.74) is 5.49. The van der Waals surface area contributed by atoms with E-state index in [0.717, 1.165) is 6.07 Å². The third-order valence-electron chi connectivity index (χ3n) is 3.64. The first-order chi connectivity index (χ1) is 14.0. The van der Waals surface area contributed by atoms with Gasteiger partial charge >= 0.3 is 5.97 Å². The molecule has 2 aromatic carbocycles. The van der Waals surface area contributed by atoms with E-state index in [9.17, 15) is 22.9 Å². The van der Waals surface area contributed by atoms with Gasteiger partial charge in [-0.2, -0.15) is 23.4 Å². The Labute approximate surface area is 174 Å². The summed E-state index contributed by atoms with van der Waals surface area (Å²) < 4.78 is 32.0. The third kappa shape index (κ3) is 4.83. The van der Waals surface area contributed by atoms with Crippen LogP contribution in [0.2, 0.25) is 5.28 Å². The van der Waals surface area contributed by atoms with Gasteiger partial charge in [0, 0.05) is 11.4 Å². The maximum absolute atomic E-state index is 11.4. The van der Waals surface area contributed by atoms with E-state index >= 15 is 0 Å². The Kier molecular flexibility index (Phi) is 5.60. The predicted octanol–water partition coefficient (Wildman–Crippen LogP) is 2.24. The molecule has 12 nitrogen and oxygen atoms in total. The first kappa shape index (κ1) is 21.0. The first-order valence-corrected chi connectivity index (χ1v) is 9.73. The average Bonchev–Trinajstić information content (AvgIpc) is 2.63. The van der Waals surface area contributed by atoms with E-state index in [1.165, 1.54) is 30.3 Å². The molecule has 1 heterocycles. The number of hydrogen-bond acceptors (Lipinski definition) is 10. The van der Waals surface area contributed by atoms with Crippen LogP contribution in [0.1, 0.15) is 10.4 Å². The van der Waals surface area contributed by atoms with Gasteiger partial charge in [0.25, 0.3) is 10.1 Å². The summed E-state index contributed by atoms with van der Waals surface area (Å²) in [6.07, 6.45) is 0. The molecule has 0 saturated heterocycles. The minimum absolute atomic E-state index is 0.0648. The molecule has 156 valence electrons.